The molecule has 6 N–H and O–H groups in total. The maximum absolute atomic E-state index is 12.4. The van der Waals surface area contributed by atoms with Crippen LogP contribution in [-0.2, 0) is 24.0 Å². The van der Waals surface area contributed by atoms with Crippen molar-refractivity contribution >= 4 is 29.6 Å². The van der Waals surface area contributed by atoms with Crippen LogP contribution < -0.4 is 26.6 Å². The molecule has 0 aromatic heterocycles. The van der Waals surface area contributed by atoms with Gasteiger partial charge < -0.3 is 31.7 Å². The zero-order valence-electron chi connectivity index (χ0n) is 17.9. The molecule has 0 radical (unpaired) electrons. The first-order valence-corrected chi connectivity index (χ1v) is 10.1. The quantitative estimate of drug-likeness (QED) is 0.229. The Balaban J connectivity index is 2.49. The molecule has 0 aromatic rings. The van der Waals surface area contributed by atoms with Gasteiger partial charge in [0.15, 0.2) is 0 Å². The molecular formula is C19H33N5O6. The largest absolute Gasteiger partial charge is 0.480 e. The summed E-state index contributed by atoms with van der Waals surface area (Å²) in [5.41, 5.74) is 0. The predicted molar refractivity (Wildman–Crippen MR) is 108 cm³/mol. The molecule has 0 unspecified atom stereocenters. The SMILES string of the molecule is CC(C)[C@H](NC(=O)CNC(=O)[C@@H](NC(=O)CNC(=O)[C@@H]1CCCN1)C(C)C)C(=O)O. The highest BCUT2D eigenvalue weighted by Crippen LogP contribution is 2.05. The van der Waals surface area contributed by atoms with E-state index in [1.807, 2.05) is 0 Å². The van der Waals surface area contributed by atoms with Crippen LogP contribution in [0.25, 0.3) is 0 Å². The summed E-state index contributed by atoms with van der Waals surface area (Å²) in [5, 5.41) is 22.0. The van der Waals surface area contributed by atoms with Crippen molar-refractivity contribution in [1.82, 2.24) is 26.6 Å². The Morgan fingerprint density at radius 2 is 1.43 bits per heavy atom. The van der Waals surface area contributed by atoms with Crippen LogP contribution in [0.5, 0.6) is 0 Å². The van der Waals surface area contributed by atoms with Gasteiger partial charge in [-0.05, 0) is 31.2 Å². The van der Waals surface area contributed by atoms with E-state index >= 15 is 0 Å². The van der Waals surface area contributed by atoms with Crippen molar-refractivity contribution < 1.29 is 29.1 Å². The number of hydrogen-bond acceptors (Lipinski definition) is 6. The zero-order valence-corrected chi connectivity index (χ0v) is 17.9. The third-order valence-corrected chi connectivity index (χ3v) is 4.74. The molecule has 170 valence electrons. The van der Waals surface area contributed by atoms with E-state index < -0.39 is 42.3 Å². The monoisotopic (exact) mass is 427 g/mol. The minimum absolute atomic E-state index is 0.261. The van der Waals surface area contributed by atoms with Gasteiger partial charge in [0.2, 0.25) is 23.6 Å². The molecule has 1 fully saturated rings. The number of carboxylic acids is 1. The number of amides is 4. The summed E-state index contributed by atoms with van der Waals surface area (Å²) in [6, 6.07) is -2.28. The van der Waals surface area contributed by atoms with Crippen LogP contribution in [0.15, 0.2) is 0 Å². The first-order valence-electron chi connectivity index (χ1n) is 10.1. The van der Waals surface area contributed by atoms with Crippen LogP contribution in [0.1, 0.15) is 40.5 Å². The smallest absolute Gasteiger partial charge is 0.326 e. The summed E-state index contributed by atoms with van der Waals surface area (Å²) in [7, 11) is 0. The Morgan fingerprint density at radius 1 is 0.900 bits per heavy atom. The Labute approximate surface area is 176 Å². The molecule has 4 amide bonds. The van der Waals surface area contributed by atoms with E-state index in [1.165, 1.54) is 0 Å². The lowest BCUT2D eigenvalue weighted by molar-refractivity contribution is -0.143. The van der Waals surface area contributed by atoms with Gasteiger partial charge in [-0.1, -0.05) is 27.7 Å². The highest BCUT2D eigenvalue weighted by atomic mass is 16.4. The van der Waals surface area contributed by atoms with Crippen LogP contribution in [0, 0.1) is 11.8 Å². The summed E-state index contributed by atoms with van der Waals surface area (Å²) in [4.78, 5) is 59.6. The Kier molecular flexibility index (Phi) is 10.2. The molecule has 3 atom stereocenters. The second kappa shape index (κ2) is 12.1. The summed E-state index contributed by atoms with van der Waals surface area (Å²) in [5.74, 6) is -3.75. The molecule has 0 aromatic carbocycles. The zero-order chi connectivity index (χ0) is 22.8. The standard InChI is InChI=1S/C19H33N5O6/c1-10(2)15(23-13(25)8-21-17(27)12-6-5-7-20-12)18(28)22-9-14(26)24-16(11(3)4)19(29)30/h10-12,15-16,20H,5-9H2,1-4H3,(H,21,27)(H,22,28)(H,23,25)(H,24,26)(H,29,30)/t12-,15-,16-/m0/s1. The average molecular weight is 428 g/mol. The molecule has 11 nitrogen and oxygen atoms in total. The number of carbonyl (C=O) groups excluding carboxylic acids is 4. The summed E-state index contributed by atoms with van der Waals surface area (Å²) >= 11 is 0. The fourth-order valence-electron chi connectivity index (χ4n) is 2.97. The fourth-order valence-corrected chi connectivity index (χ4v) is 2.97. The Bertz CT molecular complexity index is 645. The molecule has 1 saturated heterocycles. The van der Waals surface area contributed by atoms with Crippen molar-refractivity contribution in [1.29, 1.82) is 0 Å². The van der Waals surface area contributed by atoms with E-state index in [0.29, 0.717) is 6.42 Å². The molecule has 1 rings (SSSR count). The van der Waals surface area contributed by atoms with Crippen molar-refractivity contribution in [2.24, 2.45) is 11.8 Å². The number of carboxylic acid groups (broad SMARTS) is 1. The second-order valence-corrected chi connectivity index (χ2v) is 8.00. The maximum Gasteiger partial charge on any atom is 0.326 e. The van der Waals surface area contributed by atoms with Crippen molar-refractivity contribution in [3.63, 3.8) is 0 Å². The van der Waals surface area contributed by atoms with Gasteiger partial charge in [-0.2, -0.15) is 0 Å². The predicted octanol–water partition coefficient (Wildman–Crippen LogP) is -1.66. The molecule has 30 heavy (non-hydrogen) atoms. The highest BCUT2D eigenvalue weighted by molar-refractivity contribution is 5.93. The second-order valence-electron chi connectivity index (χ2n) is 8.00. The highest BCUT2D eigenvalue weighted by Gasteiger charge is 2.27. The third-order valence-electron chi connectivity index (χ3n) is 4.74. The lowest BCUT2D eigenvalue weighted by Crippen LogP contribution is -2.54. The van der Waals surface area contributed by atoms with Crippen molar-refractivity contribution in [2.75, 3.05) is 19.6 Å². The Morgan fingerprint density at radius 3 is 1.90 bits per heavy atom. The minimum Gasteiger partial charge on any atom is -0.480 e. The van der Waals surface area contributed by atoms with E-state index in [9.17, 15) is 24.0 Å². The summed E-state index contributed by atoms with van der Waals surface area (Å²) < 4.78 is 0. The van der Waals surface area contributed by atoms with Crippen molar-refractivity contribution in [3.8, 4) is 0 Å². The third kappa shape index (κ3) is 8.36. The van der Waals surface area contributed by atoms with Crippen LogP contribution in [0.4, 0.5) is 0 Å². The first kappa shape index (κ1) is 25.3. The van der Waals surface area contributed by atoms with Crippen molar-refractivity contribution in [2.45, 2.75) is 58.7 Å². The molecule has 1 aliphatic rings. The van der Waals surface area contributed by atoms with Gasteiger partial charge in [0, 0.05) is 0 Å². The summed E-state index contributed by atoms with van der Waals surface area (Å²) in [6.45, 7) is 6.85. The molecular weight excluding hydrogens is 394 g/mol. The molecule has 0 aliphatic carbocycles. The molecule has 0 bridgehead atoms. The molecule has 1 aliphatic heterocycles. The van der Waals surface area contributed by atoms with E-state index in [2.05, 4.69) is 26.6 Å². The van der Waals surface area contributed by atoms with E-state index in [1.54, 1.807) is 27.7 Å². The molecule has 1 heterocycles. The maximum atomic E-state index is 12.4. The lowest BCUT2D eigenvalue weighted by atomic mass is 10.0. The van der Waals surface area contributed by atoms with Gasteiger partial charge in [0.1, 0.15) is 12.1 Å². The van der Waals surface area contributed by atoms with E-state index in [0.717, 1.165) is 13.0 Å². The average Bonchev–Trinajstić information content (AvgIpc) is 3.20. The number of carbonyl (C=O) groups is 5. The van der Waals surface area contributed by atoms with Gasteiger partial charge in [-0.3, -0.25) is 19.2 Å². The van der Waals surface area contributed by atoms with Crippen LogP contribution >= 0.6 is 0 Å². The fraction of sp³-hybridized carbons (Fsp3) is 0.737. The van der Waals surface area contributed by atoms with E-state index in [4.69, 9.17) is 5.11 Å². The minimum atomic E-state index is -1.16. The topological polar surface area (TPSA) is 166 Å². The lowest BCUT2D eigenvalue weighted by Gasteiger charge is -2.22. The molecule has 0 spiro atoms. The van der Waals surface area contributed by atoms with Gasteiger partial charge in [0.25, 0.3) is 0 Å². The first-order chi connectivity index (χ1) is 14.0. The summed E-state index contributed by atoms with van der Waals surface area (Å²) in [6.07, 6.45) is 1.62. The van der Waals surface area contributed by atoms with Crippen molar-refractivity contribution in [3.05, 3.63) is 0 Å². The number of rotatable bonds is 11. The van der Waals surface area contributed by atoms with Gasteiger partial charge in [-0.15, -0.1) is 0 Å². The van der Waals surface area contributed by atoms with Crippen LogP contribution in [-0.4, -0.2) is 72.5 Å². The number of hydrogen-bond donors (Lipinski definition) is 6. The van der Waals surface area contributed by atoms with Crippen LogP contribution in [0.2, 0.25) is 0 Å². The van der Waals surface area contributed by atoms with Gasteiger partial charge >= 0.3 is 5.97 Å². The molecule has 11 heteroatoms. The number of nitrogens with one attached hydrogen (secondary N) is 5. The van der Waals surface area contributed by atoms with Gasteiger partial charge in [-0.25, -0.2) is 4.79 Å². The van der Waals surface area contributed by atoms with Crippen LogP contribution in [0.3, 0.4) is 0 Å². The number of aliphatic carboxylic acids is 1. The van der Waals surface area contributed by atoms with E-state index in [-0.39, 0.29) is 30.3 Å². The normalized spacial score (nSPS) is 17.9. The van der Waals surface area contributed by atoms with Gasteiger partial charge in [0.05, 0.1) is 19.1 Å². The Hall–Kier alpha value is -2.69. The molecule has 0 saturated carbocycles.